The summed E-state index contributed by atoms with van der Waals surface area (Å²) in [6.07, 6.45) is 2.96. The van der Waals surface area contributed by atoms with Gasteiger partial charge in [-0.25, -0.2) is 9.59 Å². The Hall–Kier alpha value is -2.67. The number of phenolic OH excluding ortho intramolecular Hbond substituents is 1. The molecule has 0 unspecified atom stereocenters. The number of nitrogens with one attached hydrogen (secondary N) is 1. The van der Waals surface area contributed by atoms with E-state index in [1.54, 1.807) is 21.9 Å². The summed E-state index contributed by atoms with van der Waals surface area (Å²) < 4.78 is 12.4. The molecule has 0 aliphatic carbocycles. The van der Waals surface area contributed by atoms with E-state index < -0.39 is 12.2 Å². The van der Waals surface area contributed by atoms with Gasteiger partial charge in [-0.1, -0.05) is 18.2 Å². The van der Waals surface area contributed by atoms with E-state index in [1.807, 2.05) is 51.8 Å². The molecule has 2 N–H and O–H groups in total. The number of carbonyl (C=O) groups is 4. The van der Waals surface area contributed by atoms with Crippen LogP contribution in [0.5, 0.6) is 5.75 Å². The van der Waals surface area contributed by atoms with Crippen LogP contribution in [0.2, 0.25) is 0 Å². The van der Waals surface area contributed by atoms with Crippen molar-refractivity contribution in [2.75, 3.05) is 75.4 Å². The van der Waals surface area contributed by atoms with Crippen molar-refractivity contribution in [2.45, 2.75) is 63.1 Å². The number of amides is 4. The van der Waals surface area contributed by atoms with E-state index in [-0.39, 0.29) is 36.1 Å². The molecular weight excluding hydrogens is 927 g/mol. The summed E-state index contributed by atoms with van der Waals surface area (Å²) in [5.41, 5.74) is 2.68. The van der Waals surface area contributed by atoms with Gasteiger partial charge in [-0.15, -0.1) is 0 Å². The van der Waals surface area contributed by atoms with Crippen molar-refractivity contribution in [3.63, 3.8) is 0 Å². The molecule has 0 aromatic heterocycles. The number of esters is 1. The highest BCUT2D eigenvalue weighted by atomic mass is 127. The Bertz CT molecular complexity index is 1610. The van der Waals surface area contributed by atoms with Gasteiger partial charge in [0.2, 0.25) is 0 Å². The van der Waals surface area contributed by atoms with Crippen LogP contribution in [0.15, 0.2) is 45.3 Å². The zero-order chi connectivity index (χ0) is 37.5. The summed E-state index contributed by atoms with van der Waals surface area (Å²) in [4.78, 5) is 62.8. The molecule has 2 aromatic carbocycles. The predicted molar refractivity (Wildman–Crippen MR) is 215 cm³/mol. The maximum Gasteiger partial charge on any atom is 0.410 e. The summed E-state index contributed by atoms with van der Waals surface area (Å²) in [6.45, 7) is 6.53. The lowest BCUT2D eigenvalue weighted by Gasteiger charge is -2.43. The Morgan fingerprint density at radius 2 is 1.55 bits per heavy atom. The molecule has 288 valence electrons. The highest BCUT2D eigenvalue weighted by molar-refractivity contribution is 14.1. The first-order valence-corrected chi connectivity index (χ1v) is 21.5. The average molecular weight is 975 g/mol. The second kappa shape index (κ2) is 18.8. The lowest BCUT2D eigenvalue weighted by atomic mass is 10.0. The number of anilines is 1. The van der Waals surface area contributed by atoms with Crippen LogP contribution in [0.4, 0.5) is 15.3 Å². The first kappa shape index (κ1) is 40.0. The van der Waals surface area contributed by atoms with Crippen LogP contribution in [0, 0.1) is 0 Å². The van der Waals surface area contributed by atoms with Crippen LogP contribution >= 0.6 is 54.5 Å². The van der Waals surface area contributed by atoms with Gasteiger partial charge in [0.1, 0.15) is 10.4 Å². The normalized spacial score (nSPS) is 20.0. The molecule has 1 atom stereocenters. The maximum absolute atomic E-state index is 14.1. The first-order chi connectivity index (χ1) is 25.6. The van der Waals surface area contributed by atoms with E-state index in [1.165, 1.54) is 0 Å². The number of phenols is 1. The van der Waals surface area contributed by atoms with Crippen molar-refractivity contribution in [3.05, 3.63) is 56.5 Å². The first-order valence-electron chi connectivity index (χ1n) is 18.3. The summed E-state index contributed by atoms with van der Waals surface area (Å²) in [6, 6.07) is 11.6. The fourth-order valence-corrected chi connectivity index (χ4v) is 9.45. The minimum Gasteiger partial charge on any atom is -0.506 e. The maximum atomic E-state index is 14.1. The molecule has 0 radical (unpaired) electrons. The molecule has 0 bridgehead atoms. The van der Waals surface area contributed by atoms with Crippen LogP contribution in [0.25, 0.3) is 0 Å². The quantitative estimate of drug-likeness (QED) is 0.181. The largest absolute Gasteiger partial charge is 0.506 e. The monoisotopic (exact) mass is 972 g/mol. The molecule has 2 aromatic rings. The molecule has 16 heteroatoms. The molecular formula is C37H47Br2IN6O7. The summed E-state index contributed by atoms with van der Waals surface area (Å²) in [5, 5.41) is 13.3. The Morgan fingerprint density at radius 3 is 2.23 bits per heavy atom. The van der Waals surface area contributed by atoms with Crippen molar-refractivity contribution in [2.24, 2.45) is 0 Å². The smallest absolute Gasteiger partial charge is 0.410 e. The van der Waals surface area contributed by atoms with Crippen LogP contribution in [-0.4, -0.2) is 142 Å². The van der Waals surface area contributed by atoms with E-state index >= 15 is 0 Å². The van der Waals surface area contributed by atoms with E-state index in [0.29, 0.717) is 78.1 Å². The van der Waals surface area contributed by atoms with Crippen LogP contribution in [-0.2, 0) is 31.9 Å². The van der Waals surface area contributed by atoms with Gasteiger partial charge in [-0.3, -0.25) is 14.5 Å². The van der Waals surface area contributed by atoms with Crippen molar-refractivity contribution < 1.29 is 33.8 Å². The van der Waals surface area contributed by atoms with Crippen molar-refractivity contribution in [1.29, 1.82) is 0 Å². The number of fused-ring (bicyclic) bond motifs is 1. The lowest BCUT2D eigenvalue weighted by Crippen LogP contribution is -2.56. The number of benzene rings is 2. The number of piperazine rings is 1. The van der Waals surface area contributed by atoms with E-state index in [9.17, 15) is 24.3 Å². The van der Waals surface area contributed by atoms with Gasteiger partial charge in [0.15, 0.2) is 6.10 Å². The number of hydrogen-bond donors (Lipinski definition) is 2. The third kappa shape index (κ3) is 10.3. The molecule has 0 spiro atoms. The number of nitrogens with zero attached hydrogens (tertiary/aromatic N) is 5. The number of aromatic hydroxyl groups is 1. The second-order valence-electron chi connectivity index (χ2n) is 14.0. The standard InChI is InChI=1S/C37H47Br2IN6O7/c38-29-21-25(22-30(39)34(29)48)23-32(35(49)44-19-17-43(18-20-44)27-6-11-42(12-7-27)13-10-33(47)52-24-40)53-37(51)45-14-8-28(9-15-45)46-16-5-26-3-1-2-4-31(26)41-36(46)50/h1-4,21-22,27-28,32,48H,5-20,23-24H2,(H,41,50)/t32-/m1/s1. The minimum atomic E-state index is -1.05. The van der Waals surface area contributed by atoms with Crippen molar-refractivity contribution in [3.8, 4) is 5.75 Å². The number of para-hydroxylation sites is 1. The number of rotatable bonds is 10. The number of alkyl halides is 1. The van der Waals surface area contributed by atoms with Crippen LogP contribution in [0.1, 0.15) is 43.2 Å². The second-order valence-corrected chi connectivity index (χ2v) is 16.4. The SMILES string of the molecule is O=C(CCN1CCC(N2CCN(C(=O)[C@@H](Cc3cc(Br)c(O)c(Br)c3)OC(=O)N3CCC(N4CCc5ccccc5NC4=O)CC3)CC2)CC1)OCI. The Kier molecular flexibility index (Phi) is 14.2. The Labute approximate surface area is 341 Å². The molecule has 6 rings (SSSR count). The fraction of sp³-hybridized carbons (Fsp3) is 0.568. The van der Waals surface area contributed by atoms with Crippen LogP contribution in [0.3, 0.4) is 0 Å². The molecule has 3 fully saturated rings. The fourth-order valence-electron chi connectivity index (χ4n) is 7.83. The number of hydrogen-bond acceptors (Lipinski definition) is 9. The molecule has 4 aliphatic rings. The minimum absolute atomic E-state index is 0.00894. The van der Waals surface area contributed by atoms with Gasteiger partial charge in [0, 0.05) is 76.5 Å². The molecule has 4 amide bonds. The topological polar surface area (TPSA) is 135 Å². The number of carbonyl (C=O) groups excluding carboxylic acids is 4. The summed E-state index contributed by atoms with van der Waals surface area (Å²) in [7, 11) is 0. The number of ether oxygens (including phenoxy) is 2. The Balaban J connectivity index is 1.03. The third-order valence-corrected chi connectivity index (χ3v) is 12.4. The van der Waals surface area contributed by atoms with Gasteiger partial charge >= 0.3 is 18.1 Å². The van der Waals surface area contributed by atoms with E-state index in [2.05, 4.69) is 47.0 Å². The molecule has 4 aliphatic heterocycles. The highest BCUT2D eigenvalue weighted by Crippen LogP contribution is 2.34. The van der Waals surface area contributed by atoms with Gasteiger partial charge in [-0.2, -0.15) is 0 Å². The predicted octanol–water partition coefficient (Wildman–Crippen LogP) is 5.45. The number of likely N-dealkylation sites (tertiary alicyclic amines) is 2. The van der Waals surface area contributed by atoms with Gasteiger partial charge in [0.05, 0.1) is 15.4 Å². The third-order valence-electron chi connectivity index (χ3n) is 10.9. The highest BCUT2D eigenvalue weighted by Gasteiger charge is 2.36. The molecule has 13 nitrogen and oxygen atoms in total. The number of urea groups is 1. The molecule has 4 heterocycles. The molecule has 0 saturated carbocycles. The van der Waals surface area contributed by atoms with Crippen molar-refractivity contribution >= 4 is 84.1 Å². The lowest BCUT2D eigenvalue weighted by molar-refractivity contribution is -0.143. The molecule has 53 heavy (non-hydrogen) atoms. The van der Waals surface area contributed by atoms with E-state index in [4.69, 9.17) is 9.47 Å². The van der Waals surface area contributed by atoms with Crippen LogP contribution < -0.4 is 5.32 Å². The van der Waals surface area contributed by atoms with Crippen molar-refractivity contribution in [1.82, 2.24) is 24.5 Å². The van der Waals surface area contributed by atoms with E-state index in [0.717, 1.165) is 62.3 Å². The molecule has 3 saturated heterocycles. The number of piperidine rings is 2. The van der Waals surface area contributed by atoms with Gasteiger partial charge < -0.3 is 39.5 Å². The zero-order valence-electron chi connectivity index (χ0n) is 29.7. The zero-order valence-corrected chi connectivity index (χ0v) is 35.0. The Morgan fingerprint density at radius 1 is 0.887 bits per heavy atom. The number of halogens is 3. The summed E-state index contributed by atoms with van der Waals surface area (Å²) >= 11 is 8.80. The van der Waals surface area contributed by atoms with Gasteiger partial charge in [-0.05, 0) is 129 Å². The summed E-state index contributed by atoms with van der Waals surface area (Å²) in [5.74, 6) is -0.339. The van der Waals surface area contributed by atoms with Gasteiger partial charge in [0.25, 0.3) is 5.91 Å². The average Bonchev–Trinajstić information content (AvgIpc) is 3.34.